The van der Waals surface area contributed by atoms with Gasteiger partial charge in [-0.1, -0.05) is 32.9 Å². The van der Waals surface area contributed by atoms with Crippen LogP contribution >= 0.6 is 0 Å². The zero-order valence-corrected chi connectivity index (χ0v) is 17.3. The van der Waals surface area contributed by atoms with Crippen LogP contribution in [-0.2, 0) is 14.0 Å². The molecule has 0 saturated heterocycles. The highest BCUT2D eigenvalue weighted by Gasteiger charge is 2.58. The van der Waals surface area contributed by atoms with Gasteiger partial charge in [0, 0.05) is 5.41 Å². The molecular formula is C19H34O4Si. The largest absolute Gasteiger partial charge is 0.469 e. The van der Waals surface area contributed by atoms with Gasteiger partial charge in [0.25, 0.3) is 0 Å². The Hall–Kier alpha value is -0.653. The predicted molar refractivity (Wildman–Crippen MR) is 98.2 cm³/mol. The molecule has 0 aliphatic heterocycles. The highest BCUT2D eigenvalue weighted by Crippen LogP contribution is 2.56. The van der Waals surface area contributed by atoms with Crippen molar-refractivity contribution in [2.45, 2.75) is 83.2 Å². The van der Waals surface area contributed by atoms with E-state index in [1.54, 1.807) is 0 Å². The Kier molecular flexibility index (Phi) is 5.13. The quantitative estimate of drug-likeness (QED) is 0.472. The molecule has 0 heterocycles. The van der Waals surface area contributed by atoms with Crippen molar-refractivity contribution in [3.63, 3.8) is 0 Å². The molecule has 0 bridgehead atoms. The van der Waals surface area contributed by atoms with Crippen molar-refractivity contribution < 1.29 is 19.1 Å². The zero-order chi connectivity index (χ0) is 18.4. The number of esters is 1. The van der Waals surface area contributed by atoms with Crippen molar-refractivity contribution in [3.8, 4) is 0 Å². The molecule has 0 unspecified atom stereocenters. The highest BCUT2D eigenvalue weighted by atomic mass is 28.4. The van der Waals surface area contributed by atoms with E-state index in [2.05, 4.69) is 39.9 Å². The van der Waals surface area contributed by atoms with Crippen LogP contribution in [0.5, 0.6) is 0 Å². The van der Waals surface area contributed by atoms with Crippen LogP contribution in [0.3, 0.4) is 0 Å². The summed E-state index contributed by atoms with van der Waals surface area (Å²) < 4.78 is 11.6. The van der Waals surface area contributed by atoms with Gasteiger partial charge < -0.3 is 14.3 Å². The van der Waals surface area contributed by atoms with E-state index < -0.39 is 19.3 Å². The van der Waals surface area contributed by atoms with E-state index >= 15 is 0 Å². The molecule has 2 aliphatic rings. The van der Waals surface area contributed by atoms with Crippen molar-refractivity contribution in [2.24, 2.45) is 11.3 Å². The topological polar surface area (TPSA) is 55.8 Å². The molecule has 0 aromatic rings. The van der Waals surface area contributed by atoms with Crippen LogP contribution in [-0.4, -0.2) is 38.2 Å². The number of ether oxygens (including phenoxy) is 1. The molecule has 4 atom stereocenters. The van der Waals surface area contributed by atoms with Gasteiger partial charge in [-0.25, -0.2) is 0 Å². The molecular weight excluding hydrogens is 320 g/mol. The summed E-state index contributed by atoms with van der Waals surface area (Å²) in [6, 6.07) is 0. The Morgan fingerprint density at radius 1 is 1.25 bits per heavy atom. The predicted octanol–water partition coefficient (Wildman–Crippen LogP) is 4.05. The maximum Gasteiger partial charge on any atom is 0.312 e. The average Bonchev–Trinajstić information content (AvgIpc) is 2.70. The van der Waals surface area contributed by atoms with Gasteiger partial charge >= 0.3 is 5.97 Å². The van der Waals surface area contributed by atoms with E-state index in [1.165, 1.54) is 7.11 Å². The third kappa shape index (κ3) is 3.23. The molecule has 5 heteroatoms. The minimum atomic E-state index is -1.92. The molecule has 0 radical (unpaired) electrons. The number of aliphatic hydroxyl groups is 1. The van der Waals surface area contributed by atoms with Gasteiger partial charge in [-0.05, 0) is 50.7 Å². The Labute approximate surface area is 147 Å². The Bertz CT molecular complexity index is 518. The molecule has 2 rings (SSSR count). The van der Waals surface area contributed by atoms with E-state index in [1.807, 2.05) is 13.0 Å². The average molecular weight is 355 g/mol. The number of carbonyl (C=O) groups is 1. The first-order valence-corrected chi connectivity index (χ1v) is 11.9. The lowest BCUT2D eigenvalue weighted by molar-refractivity contribution is -0.145. The van der Waals surface area contributed by atoms with Crippen LogP contribution in [0.25, 0.3) is 0 Å². The number of hydrogen-bond donors (Lipinski definition) is 1. The third-order valence-electron chi connectivity index (χ3n) is 6.71. The smallest absolute Gasteiger partial charge is 0.312 e. The van der Waals surface area contributed by atoms with Crippen molar-refractivity contribution in [1.29, 1.82) is 0 Å². The summed E-state index contributed by atoms with van der Waals surface area (Å²) >= 11 is 0. The summed E-state index contributed by atoms with van der Waals surface area (Å²) in [6.45, 7) is 13.2. The lowest BCUT2D eigenvalue weighted by Gasteiger charge is -2.48. The summed E-state index contributed by atoms with van der Waals surface area (Å²) in [7, 11) is -0.499. The summed E-state index contributed by atoms with van der Waals surface area (Å²) in [6.07, 6.45) is 7.07. The SMILES string of the molecule is COC(=O)[C@@H]1C=C[C@]2(CC1)[C@H](O[Si](C)(C)C(C)(C)C)CC[C@@]2(C)O. The van der Waals surface area contributed by atoms with Gasteiger partial charge in [0.1, 0.15) is 0 Å². The molecule has 1 spiro atoms. The summed E-state index contributed by atoms with van der Waals surface area (Å²) in [4.78, 5) is 11.8. The highest BCUT2D eigenvalue weighted by molar-refractivity contribution is 6.74. The first-order valence-electron chi connectivity index (χ1n) is 9.04. The van der Waals surface area contributed by atoms with Gasteiger partial charge in [-0.3, -0.25) is 4.79 Å². The molecule has 4 nitrogen and oxygen atoms in total. The van der Waals surface area contributed by atoms with E-state index in [-0.39, 0.29) is 23.0 Å². The van der Waals surface area contributed by atoms with Crippen LogP contribution in [0, 0.1) is 11.3 Å². The second-order valence-corrected chi connectivity index (χ2v) is 14.0. The van der Waals surface area contributed by atoms with E-state index in [9.17, 15) is 9.90 Å². The molecule has 0 amide bonds. The molecule has 1 fully saturated rings. The number of hydrogen-bond acceptors (Lipinski definition) is 4. The minimum Gasteiger partial charge on any atom is -0.469 e. The van der Waals surface area contributed by atoms with Gasteiger partial charge in [-0.2, -0.15) is 0 Å². The first kappa shape index (κ1) is 19.7. The van der Waals surface area contributed by atoms with Crippen LogP contribution in [0.4, 0.5) is 0 Å². The summed E-state index contributed by atoms with van der Waals surface area (Å²) in [5, 5.41) is 11.2. The van der Waals surface area contributed by atoms with Gasteiger partial charge in [0.2, 0.25) is 0 Å². The molecule has 1 N–H and O–H groups in total. The normalized spacial score (nSPS) is 37.0. The van der Waals surface area contributed by atoms with Crippen LogP contribution < -0.4 is 0 Å². The second kappa shape index (κ2) is 6.26. The van der Waals surface area contributed by atoms with Crippen LogP contribution in [0.2, 0.25) is 18.1 Å². The fourth-order valence-electron chi connectivity index (χ4n) is 3.87. The van der Waals surface area contributed by atoms with E-state index in [0.717, 1.165) is 19.3 Å². The Morgan fingerprint density at radius 2 is 1.88 bits per heavy atom. The third-order valence-corrected chi connectivity index (χ3v) is 11.2. The Balaban J connectivity index is 2.30. The monoisotopic (exact) mass is 354 g/mol. The fraction of sp³-hybridized carbons (Fsp3) is 0.842. The lowest BCUT2D eigenvalue weighted by Crippen LogP contribution is -2.53. The molecule has 1 saturated carbocycles. The fourth-order valence-corrected chi connectivity index (χ4v) is 5.27. The van der Waals surface area contributed by atoms with Gasteiger partial charge in [-0.15, -0.1) is 0 Å². The van der Waals surface area contributed by atoms with E-state index in [0.29, 0.717) is 6.42 Å². The maximum atomic E-state index is 11.8. The zero-order valence-electron chi connectivity index (χ0n) is 16.3. The van der Waals surface area contributed by atoms with E-state index in [4.69, 9.17) is 9.16 Å². The Morgan fingerprint density at radius 3 is 2.33 bits per heavy atom. The van der Waals surface area contributed by atoms with Crippen molar-refractivity contribution in [1.82, 2.24) is 0 Å². The van der Waals surface area contributed by atoms with Gasteiger partial charge in [0.05, 0.1) is 24.7 Å². The van der Waals surface area contributed by atoms with Crippen molar-refractivity contribution in [2.75, 3.05) is 7.11 Å². The standard InChI is InChI=1S/C19H34O4Si/c1-17(2,3)24(6,7)23-15-10-11-18(4,21)19(15)12-8-14(9-13-19)16(20)22-5/h8,12,14-15,21H,9-11,13H2,1-7H3/t14-,15-,18-,19+/m1/s1. The lowest BCUT2D eigenvalue weighted by atomic mass is 9.66. The maximum absolute atomic E-state index is 11.8. The minimum absolute atomic E-state index is 0.0169. The molecule has 24 heavy (non-hydrogen) atoms. The molecule has 2 aliphatic carbocycles. The number of rotatable bonds is 3. The first-order chi connectivity index (χ1) is 10.9. The van der Waals surface area contributed by atoms with Crippen molar-refractivity contribution in [3.05, 3.63) is 12.2 Å². The molecule has 138 valence electrons. The number of carbonyl (C=O) groups excluding carboxylic acids is 1. The van der Waals surface area contributed by atoms with Crippen LogP contribution in [0.1, 0.15) is 53.4 Å². The van der Waals surface area contributed by atoms with Crippen molar-refractivity contribution >= 4 is 14.3 Å². The van der Waals surface area contributed by atoms with Crippen LogP contribution in [0.15, 0.2) is 12.2 Å². The second-order valence-electron chi connectivity index (χ2n) is 9.25. The number of methoxy groups -OCH3 is 1. The molecule has 0 aromatic heterocycles. The van der Waals surface area contributed by atoms with Gasteiger partial charge in [0.15, 0.2) is 8.32 Å². The summed E-state index contributed by atoms with van der Waals surface area (Å²) in [5.41, 5.74) is -1.19. The summed E-state index contributed by atoms with van der Waals surface area (Å²) in [5.74, 6) is -0.397. The molecule has 0 aromatic carbocycles.